The first-order valence-corrected chi connectivity index (χ1v) is 10.9. The van der Waals surface area contributed by atoms with Crippen molar-refractivity contribution in [1.29, 1.82) is 0 Å². The highest BCUT2D eigenvalue weighted by molar-refractivity contribution is 7.17. The van der Waals surface area contributed by atoms with Crippen molar-refractivity contribution in [3.8, 4) is 0 Å². The average Bonchev–Trinajstić information content (AvgIpc) is 3.33. The molecule has 3 aliphatic carbocycles. The van der Waals surface area contributed by atoms with Crippen LogP contribution < -0.4 is 11.1 Å². The molecule has 1 fully saturated rings. The van der Waals surface area contributed by atoms with Gasteiger partial charge in [0.25, 0.3) is 5.91 Å². The quantitative estimate of drug-likeness (QED) is 0.635. The number of carboxylic acid groups (broad SMARTS) is 1. The van der Waals surface area contributed by atoms with Crippen molar-refractivity contribution in [3.63, 3.8) is 0 Å². The third-order valence-electron chi connectivity index (χ3n) is 6.59. The zero-order valence-corrected chi connectivity index (χ0v) is 16.8. The van der Waals surface area contributed by atoms with Crippen molar-refractivity contribution in [3.05, 3.63) is 28.2 Å². The monoisotopic (exact) mass is 402 g/mol. The maximum absolute atomic E-state index is 13.0. The van der Waals surface area contributed by atoms with Crippen LogP contribution in [-0.2, 0) is 22.4 Å². The van der Waals surface area contributed by atoms with Gasteiger partial charge in [-0.05, 0) is 49.0 Å². The molecule has 0 spiro atoms. The summed E-state index contributed by atoms with van der Waals surface area (Å²) in [6, 6.07) is 0. The fourth-order valence-corrected chi connectivity index (χ4v) is 6.74. The number of carboxylic acids is 1. The molecular formula is C21H26N2O4S. The van der Waals surface area contributed by atoms with Crippen molar-refractivity contribution in [2.45, 2.75) is 45.4 Å². The first-order chi connectivity index (χ1) is 13.4. The lowest BCUT2D eigenvalue weighted by Crippen LogP contribution is -2.36. The summed E-state index contributed by atoms with van der Waals surface area (Å²) in [5, 5.41) is 13.0. The van der Waals surface area contributed by atoms with Crippen LogP contribution >= 0.6 is 11.3 Å². The van der Waals surface area contributed by atoms with Crippen molar-refractivity contribution in [2.75, 3.05) is 5.32 Å². The standard InChI is InChI=1S/C21H26N2O4S/c1-2-3-10-4-7-13-14(8-10)28-20(17(13)18(22)24)23-19(25)15-11-5-6-12(9-11)16(15)21(26)27/h5-6,10-12,15-16H,2-4,7-9H2,1H3,(H2,22,24)(H,23,25)(H,26,27)/t10-,11+,12+,15+,16+/m1/s1. The van der Waals surface area contributed by atoms with E-state index in [1.165, 1.54) is 11.3 Å². The minimum absolute atomic E-state index is 0.0494. The van der Waals surface area contributed by atoms with E-state index >= 15 is 0 Å². The van der Waals surface area contributed by atoms with Crippen LogP contribution in [0.25, 0.3) is 0 Å². The van der Waals surface area contributed by atoms with E-state index in [9.17, 15) is 19.5 Å². The van der Waals surface area contributed by atoms with Crippen LogP contribution in [0.1, 0.15) is 53.4 Å². The molecule has 5 atom stereocenters. The number of nitrogens with one attached hydrogen (secondary N) is 1. The second kappa shape index (κ2) is 7.35. The van der Waals surface area contributed by atoms with E-state index in [2.05, 4.69) is 12.2 Å². The first kappa shape index (κ1) is 19.2. The number of anilines is 1. The lowest BCUT2D eigenvalue weighted by Gasteiger charge is -2.23. The predicted octanol–water partition coefficient (Wildman–Crippen LogP) is 3.21. The van der Waals surface area contributed by atoms with Gasteiger partial charge in [-0.3, -0.25) is 14.4 Å². The molecule has 0 radical (unpaired) electrons. The molecule has 3 aliphatic rings. The van der Waals surface area contributed by atoms with E-state index in [1.807, 2.05) is 12.2 Å². The highest BCUT2D eigenvalue weighted by Crippen LogP contribution is 2.49. The summed E-state index contributed by atoms with van der Waals surface area (Å²) < 4.78 is 0. The van der Waals surface area contributed by atoms with Gasteiger partial charge in [-0.25, -0.2) is 0 Å². The van der Waals surface area contributed by atoms with Gasteiger partial charge in [0.2, 0.25) is 5.91 Å². The molecule has 150 valence electrons. The molecule has 7 heteroatoms. The van der Waals surface area contributed by atoms with E-state index < -0.39 is 23.7 Å². The lowest BCUT2D eigenvalue weighted by atomic mass is 9.82. The van der Waals surface area contributed by atoms with Gasteiger partial charge in [0.15, 0.2) is 0 Å². The van der Waals surface area contributed by atoms with Crippen LogP contribution in [0.4, 0.5) is 5.00 Å². The minimum Gasteiger partial charge on any atom is -0.481 e. The summed E-state index contributed by atoms with van der Waals surface area (Å²) in [6.07, 6.45) is 9.62. The average molecular weight is 403 g/mol. The Bertz CT molecular complexity index is 859. The molecule has 1 aromatic heterocycles. The molecule has 0 unspecified atom stereocenters. The Hall–Kier alpha value is -2.15. The van der Waals surface area contributed by atoms with E-state index in [0.29, 0.717) is 22.9 Å². The van der Waals surface area contributed by atoms with Gasteiger partial charge >= 0.3 is 5.97 Å². The largest absolute Gasteiger partial charge is 0.481 e. The summed E-state index contributed by atoms with van der Waals surface area (Å²) in [4.78, 5) is 38.0. The molecule has 4 N–H and O–H groups in total. The number of hydrogen-bond donors (Lipinski definition) is 3. The molecule has 0 saturated heterocycles. The van der Waals surface area contributed by atoms with Gasteiger partial charge < -0.3 is 16.2 Å². The number of hydrogen-bond acceptors (Lipinski definition) is 4. The Labute approximate surface area is 168 Å². The van der Waals surface area contributed by atoms with Gasteiger partial charge in [-0.1, -0.05) is 31.9 Å². The van der Waals surface area contributed by atoms with E-state index in [4.69, 9.17) is 5.73 Å². The van der Waals surface area contributed by atoms with Crippen LogP contribution in [0.3, 0.4) is 0 Å². The number of nitrogens with two attached hydrogens (primary N) is 1. The third-order valence-corrected chi connectivity index (χ3v) is 7.76. The maximum atomic E-state index is 13.0. The fraction of sp³-hybridized carbons (Fsp3) is 0.571. The highest BCUT2D eigenvalue weighted by atomic mass is 32.1. The van der Waals surface area contributed by atoms with Crippen LogP contribution in [0.15, 0.2) is 12.2 Å². The summed E-state index contributed by atoms with van der Waals surface area (Å²) in [7, 11) is 0. The molecule has 0 aromatic carbocycles. The van der Waals surface area contributed by atoms with Gasteiger partial charge in [0.05, 0.1) is 17.4 Å². The first-order valence-electron chi connectivity index (χ1n) is 10.1. The summed E-state index contributed by atoms with van der Waals surface area (Å²) in [5.74, 6) is -2.59. The Balaban J connectivity index is 1.60. The number of carbonyl (C=O) groups excluding carboxylic acids is 2. The summed E-state index contributed by atoms with van der Waals surface area (Å²) in [6.45, 7) is 2.17. The molecule has 4 rings (SSSR count). The number of thiophene rings is 1. The Kier molecular flexibility index (Phi) is 5.04. The zero-order valence-electron chi connectivity index (χ0n) is 15.9. The number of carbonyl (C=O) groups is 3. The van der Waals surface area contributed by atoms with Crippen molar-refractivity contribution >= 4 is 34.1 Å². The third kappa shape index (κ3) is 3.15. The van der Waals surface area contributed by atoms with Gasteiger partial charge in [0, 0.05) is 4.88 Å². The van der Waals surface area contributed by atoms with E-state index in [0.717, 1.165) is 42.5 Å². The molecule has 2 bridgehead atoms. The molecule has 6 nitrogen and oxygen atoms in total. The van der Waals surface area contributed by atoms with Gasteiger partial charge in [0.1, 0.15) is 5.00 Å². The number of allylic oxidation sites excluding steroid dienone is 2. The van der Waals surface area contributed by atoms with Crippen LogP contribution in [0.2, 0.25) is 0 Å². The van der Waals surface area contributed by atoms with Crippen LogP contribution in [0.5, 0.6) is 0 Å². The van der Waals surface area contributed by atoms with Crippen molar-refractivity contribution in [2.24, 2.45) is 35.3 Å². The molecule has 0 aliphatic heterocycles. The molecule has 1 aromatic rings. The molecule has 2 amide bonds. The Morgan fingerprint density at radius 3 is 2.61 bits per heavy atom. The lowest BCUT2D eigenvalue weighted by molar-refractivity contribution is -0.146. The number of primary amides is 1. The molecule has 1 heterocycles. The van der Waals surface area contributed by atoms with Crippen LogP contribution in [0, 0.1) is 29.6 Å². The van der Waals surface area contributed by atoms with Crippen LogP contribution in [-0.4, -0.2) is 22.9 Å². The fourth-order valence-electron chi connectivity index (χ4n) is 5.37. The predicted molar refractivity (Wildman–Crippen MR) is 107 cm³/mol. The van der Waals surface area contributed by atoms with E-state index in [1.54, 1.807) is 0 Å². The number of amides is 2. The van der Waals surface area contributed by atoms with E-state index in [-0.39, 0.29) is 17.7 Å². The minimum atomic E-state index is -0.931. The maximum Gasteiger partial charge on any atom is 0.307 e. The molecular weight excluding hydrogens is 376 g/mol. The number of rotatable bonds is 6. The van der Waals surface area contributed by atoms with Gasteiger partial charge in [-0.2, -0.15) is 0 Å². The second-order valence-electron chi connectivity index (χ2n) is 8.30. The number of fused-ring (bicyclic) bond motifs is 3. The Morgan fingerprint density at radius 1 is 1.25 bits per heavy atom. The second-order valence-corrected chi connectivity index (χ2v) is 9.40. The molecule has 28 heavy (non-hydrogen) atoms. The smallest absolute Gasteiger partial charge is 0.307 e. The van der Waals surface area contributed by atoms with Crippen molar-refractivity contribution < 1.29 is 19.5 Å². The summed E-state index contributed by atoms with van der Waals surface area (Å²) >= 11 is 1.44. The highest BCUT2D eigenvalue weighted by Gasteiger charge is 2.51. The number of aliphatic carboxylic acids is 1. The zero-order chi connectivity index (χ0) is 20.0. The normalized spacial score (nSPS) is 30.2. The van der Waals surface area contributed by atoms with Gasteiger partial charge in [-0.15, -0.1) is 11.3 Å². The molecule has 1 saturated carbocycles. The summed E-state index contributed by atoms with van der Waals surface area (Å²) in [5.41, 5.74) is 7.05. The van der Waals surface area contributed by atoms with Crippen molar-refractivity contribution in [1.82, 2.24) is 0 Å². The topological polar surface area (TPSA) is 109 Å². The SMILES string of the molecule is CCC[C@@H]1CCc2c(sc(NC(=O)[C@@H]3[C@@H](C(=O)O)[C@H]4C=C[C@H]3C4)c2C(N)=O)C1. The Morgan fingerprint density at radius 2 is 1.96 bits per heavy atom.